The minimum absolute atomic E-state index is 0.0909. The largest absolute Gasteiger partial charge is 0.454 e. The van der Waals surface area contributed by atoms with Gasteiger partial charge in [0.05, 0.1) is 11.9 Å². The van der Waals surface area contributed by atoms with Crippen molar-refractivity contribution in [2.45, 2.75) is 45.7 Å². The third kappa shape index (κ3) is 6.88. The maximum atomic E-state index is 13.3. The van der Waals surface area contributed by atoms with E-state index in [2.05, 4.69) is 5.32 Å². The fraction of sp³-hybridized carbons (Fsp3) is 0.440. The summed E-state index contributed by atoms with van der Waals surface area (Å²) in [5, 5.41) is 2.81. The van der Waals surface area contributed by atoms with Crippen LogP contribution in [0.2, 0.25) is 0 Å². The summed E-state index contributed by atoms with van der Waals surface area (Å²) in [6.07, 6.45) is 1.98. The number of hydrogen-bond donors (Lipinski definition) is 1. The van der Waals surface area contributed by atoms with E-state index in [0.29, 0.717) is 36.7 Å². The van der Waals surface area contributed by atoms with Gasteiger partial charge in [-0.05, 0) is 37.5 Å². The van der Waals surface area contributed by atoms with Gasteiger partial charge in [0, 0.05) is 32.1 Å². The zero-order valence-electron chi connectivity index (χ0n) is 20.4. The van der Waals surface area contributed by atoms with Gasteiger partial charge in [0.25, 0.3) is 0 Å². The van der Waals surface area contributed by atoms with Gasteiger partial charge in [-0.25, -0.2) is 8.42 Å². The summed E-state index contributed by atoms with van der Waals surface area (Å²) in [5.41, 5.74) is 1.36. The molecule has 9 nitrogen and oxygen atoms in total. The number of rotatable bonds is 12. The van der Waals surface area contributed by atoms with Crippen LogP contribution in [0.1, 0.15) is 38.7 Å². The van der Waals surface area contributed by atoms with Crippen molar-refractivity contribution in [3.05, 3.63) is 54.1 Å². The number of sulfonamides is 1. The first-order valence-electron chi connectivity index (χ1n) is 11.7. The second-order valence-electron chi connectivity index (χ2n) is 8.30. The highest BCUT2D eigenvalue weighted by Gasteiger charge is 2.28. The molecule has 190 valence electrons. The molecular formula is C25H33N3O6S. The number of nitrogens with zero attached hydrogens (tertiary/aromatic N) is 2. The highest BCUT2D eigenvalue weighted by molar-refractivity contribution is 7.92. The summed E-state index contributed by atoms with van der Waals surface area (Å²) in [6.45, 7) is 4.68. The zero-order valence-corrected chi connectivity index (χ0v) is 21.2. The quantitative estimate of drug-likeness (QED) is 0.478. The molecule has 35 heavy (non-hydrogen) atoms. The van der Waals surface area contributed by atoms with Crippen molar-refractivity contribution in [3.63, 3.8) is 0 Å². The first-order chi connectivity index (χ1) is 16.7. The Labute approximate surface area is 207 Å². The summed E-state index contributed by atoms with van der Waals surface area (Å²) in [6, 6.07) is 13.8. The average Bonchev–Trinajstić information content (AvgIpc) is 3.29. The highest BCUT2D eigenvalue weighted by Crippen LogP contribution is 2.36. The van der Waals surface area contributed by atoms with Crippen LogP contribution in [0.4, 0.5) is 5.69 Å². The second-order valence-corrected chi connectivity index (χ2v) is 10.2. The van der Waals surface area contributed by atoms with Crippen molar-refractivity contribution in [3.8, 4) is 11.5 Å². The molecule has 0 saturated heterocycles. The Morgan fingerprint density at radius 2 is 1.77 bits per heavy atom. The topological polar surface area (TPSA) is 105 Å². The summed E-state index contributed by atoms with van der Waals surface area (Å²) < 4.78 is 36.9. The monoisotopic (exact) mass is 503 g/mol. The third-order valence-corrected chi connectivity index (χ3v) is 6.92. The van der Waals surface area contributed by atoms with Crippen LogP contribution >= 0.6 is 0 Å². The number of anilines is 1. The van der Waals surface area contributed by atoms with Crippen molar-refractivity contribution in [2.75, 3.05) is 30.4 Å². The Morgan fingerprint density at radius 3 is 2.43 bits per heavy atom. The van der Waals surface area contributed by atoms with Crippen LogP contribution in [0.15, 0.2) is 48.5 Å². The number of nitrogens with one attached hydrogen (secondary N) is 1. The summed E-state index contributed by atoms with van der Waals surface area (Å²) in [7, 11) is -3.60. The fourth-order valence-corrected chi connectivity index (χ4v) is 4.99. The Bertz CT molecular complexity index is 1120. The summed E-state index contributed by atoms with van der Waals surface area (Å²) in [4.78, 5) is 27.6. The Balaban J connectivity index is 1.73. The van der Waals surface area contributed by atoms with Crippen molar-refractivity contribution in [1.82, 2.24) is 10.2 Å². The predicted molar refractivity (Wildman–Crippen MR) is 134 cm³/mol. The summed E-state index contributed by atoms with van der Waals surface area (Å²) in [5.74, 6) is 0.641. The third-order valence-electron chi connectivity index (χ3n) is 5.73. The lowest BCUT2D eigenvalue weighted by molar-refractivity contribution is -0.141. The highest BCUT2D eigenvalue weighted by atomic mass is 32.2. The fourth-order valence-electron chi connectivity index (χ4n) is 4.04. The maximum absolute atomic E-state index is 13.3. The van der Waals surface area contributed by atoms with Gasteiger partial charge in [0.15, 0.2) is 11.5 Å². The van der Waals surface area contributed by atoms with Crippen LogP contribution in [0.25, 0.3) is 0 Å². The molecular weight excluding hydrogens is 470 g/mol. The van der Waals surface area contributed by atoms with E-state index in [1.807, 2.05) is 44.2 Å². The molecule has 0 spiro atoms. The summed E-state index contributed by atoms with van der Waals surface area (Å²) >= 11 is 0. The molecule has 1 aliphatic heterocycles. The number of amides is 2. The molecule has 1 atom stereocenters. The van der Waals surface area contributed by atoms with E-state index in [4.69, 9.17) is 9.47 Å². The van der Waals surface area contributed by atoms with Crippen LogP contribution < -0.4 is 19.1 Å². The molecule has 3 rings (SSSR count). The van der Waals surface area contributed by atoms with E-state index in [1.54, 1.807) is 23.1 Å². The van der Waals surface area contributed by atoms with Gasteiger partial charge in [-0.1, -0.05) is 37.3 Å². The molecule has 0 bridgehead atoms. The van der Waals surface area contributed by atoms with Crippen molar-refractivity contribution in [1.29, 1.82) is 0 Å². The van der Waals surface area contributed by atoms with Gasteiger partial charge in [0.1, 0.15) is 6.04 Å². The van der Waals surface area contributed by atoms with E-state index < -0.39 is 16.1 Å². The maximum Gasteiger partial charge on any atom is 0.242 e. The van der Waals surface area contributed by atoms with Crippen LogP contribution in [-0.2, 0) is 26.2 Å². The number of fused-ring (bicyclic) bond motifs is 1. The minimum Gasteiger partial charge on any atom is -0.454 e. The van der Waals surface area contributed by atoms with E-state index in [1.165, 1.54) is 4.31 Å². The van der Waals surface area contributed by atoms with Gasteiger partial charge in [-0.3, -0.25) is 13.9 Å². The van der Waals surface area contributed by atoms with Crippen LogP contribution in [0.5, 0.6) is 11.5 Å². The first-order valence-corrected chi connectivity index (χ1v) is 13.6. The van der Waals surface area contributed by atoms with E-state index in [0.717, 1.165) is 11.8 Å². The molecule has 1 aliphatic rings. The van der Waals surface area contributed by atoms with E-state index in [9.17, 15) is 18.0 Å². The van der Waals surface area contributed by atoms with Crippen molar-refractivity contribution < 1.29 is 27.5 Å². The molecule has 1 N–H and O–H groups in total. The number of hydrogen-bond acceptors (Lipinski definition) is 6. The van der Waals surface area contributed by atoms with Crippen LogP contribution in [0, 0.1) is 0 Å². The standard InChI is InChI=1S/C25H33N3O6S/c1-4-21(25(30)26-5-2)27(17-19-10-7-6-8-11-19)24(29)12-9-15-28(35(3,31)32)20-13-14-22-23(16-20)34-18-33-22/h6-8,10-11,13-14,16,21H,4-5,9,12,15,17-18H2,1-3H3,(H,26,30)/t21-/m1/s1. The lowest BCUT2D eigenvalue weighted by atomic mass is 10.1. The van der Waals surface area contributed by atoms with E-state index >= 15 is 0 Å². The SMILES string of the molecule is CCNC(=O)[C@@H](CC)N(Cc1ccccc1)C(=O)CCCN(c1ccc2c(c1)OCO2)S(C)(=O)=O. The average molecular weight is 504 g/mol. The van der Waals surface area contributed by atoms with E-state index in [-0.39, 0.29) is 38.0 Å². The Kier molecular flexibility index (Phi) is 8.97. The molecule has 0 fully saturated rings. The molecule has 2 amide bonds. The number of carbonyl (C=O) groups excluding carboxylic acids is 2. The zero-order chi connectivity index (χ0) is 25.4. The molecule has 0 aliphatic carbocycles. The van der Waals surface area contributed by atoms with Crippen molar-refractivity contribution >= 4 is 27.5 Å². The molecule has 10 heteroatoms. The molecule has 0 aromatic heterocycles. The molecule has 0 unspecified atom stereocenters. The molecule has 2 aromatic rings. The number of carbonyl (C=O) groups is 2. The van der Waals surface area contributed by atoms with Crippen LogP contribution in [0.3, 0.4) is 0 Å². The molecule has 0 radical (unpaired) electrons. The van der Waals surface area contributed by atoms with Crippen molar-refractivity contribution in [2.24, 2.45) is 0 Å². The van der Waals surface area contributed by atoms with Gasteiger partial charge < -0.3 is 19.7 Å². The number of ether oxygens (including phenoxy) is 2. The van der Waals surface area contributed by atoms with Gasteiger partial charge in [0.2, 0.25) is 28.6 Å². The predicted octanol–water partition coefficient (Wildman–Crippen LogP) is 2.91. The number of likely N-dealkylation sites (N-methyl/N-ethyl adjacent to an activating group) is 1. The normalized spacial score (nSPS) is 13.2. The van der Waals surface area contributed by atoms with Gasteiger partial charge in [-0.2, -0.15) is 0 Å². The minimum atomic E-state index is -3.60. The lowest BCUT2D eigenvalue weighted by Gasteiger charge is -2.31. The van der Waals surface area contributed by atoms with Gasteiger partial charge >= 0.3 is 0 Å². The lowest BCUT2D eigenvalue weighted by Crippen LogP contribution is -2.49. The van der Waals surface area contributed by atoms with Gasteiger partial charge in [-0.15, -0.1) is 0 Å². The Hall–Kier alpha value is -3.27. The molecule has 2 aromatic carbocycles. The number of benzene rings is 2. The Morgan fingerprint density at radius 1 is 1.06 bits per heavy atom. The first kappa shape index (κ1) is 26.3. The second kappa shape index (κ2) is 11.9. The molecule has 0 saturated carbocycles. The smallest absolute Gasteiger partial charge is 0.242 e. The molecule has 1 heterocycles. The van der Waals surface area contributed by atoms with Crippen LogP contribution in [-0.4, -0.2) is 57.3 Å².